The zero-order valence-corrected chi connectivity index (χ0v) is 16.4. The Labute approximate surface area is 161 Å². The molecule has 1 saturated heterocycles. The van der Waals surface area contributed by atoms with Crippen LogP contribution in [0, 0.1) is 0 Å². The number of rotatable bonds is 7. The minimum atomic E-state index is -3.59. The molecule has 0 spiro atoms. The molecule has 3 rings (SSSR count). The first-order valence-electron chi connectivity index (χ1n) is 9.24. The third-order valence-corrected chi connectivity index (χ3v) is 6.34. The number of nitrogens with zero attached hydrogens (tertiary/aromatic N) is 1. The Bertz CT molecular complexity index is 846. The van der Waals surface area contributed by atoms with Crippen molar-refractivity contribution in [2.75, 3.05) is 32.8 Å². The third-order valence-electron chi connectivity index (χ3n) is 4.52. The fraction of sp³-hybridized carbons (Fsp3) is 0.333. The molecule has 0 bridgehead atoms. The maximum atomic E-state index is 13.2. The summed E-state index contributed by atoms with van der Waals surface area (Å²) in [5, 5.41) is -0.781. The van der Waals surface area contributed by atoms with E-state index in [1.165, 1.54) is 0 Å². The largest absolute Gasteiger partial charge is 0.378 e. The van der Waals surface area contributed by atoms with Crippen LogP contribution in [0.2, 0.25) is 0 Å². The zero-order chi connectivity index (χ0) is 19.1. The van der Waals surface area contributed by atoms with Gasteiger partial charge in [0.25, 0.3) is 0 Å². The van der Waals surface area contributed by atoms with E-state index in [4.69, 9.17) is 4.74 Å². The highest BCUT2D eigenvalue weighted by atomic mass is 32.2. The summed E-state index contributed by atoms with van der Waals surface area (Å²) in [4.78, 5) is 2.13. The second-order valence-corrected chi connectivity index (χ2v) is 8.26. The topological polar surface area (TPSA) is 58.6 Å². The Morgan fingerprint density at radius 1 is 1.07 bits per heavy atom. The molecule has 1 unspecified atom stereocenters. The van der Waals surface area contributed by atoms with Gasteiger partial charge < -0.3 is 9.64 Å². The van der Waals surface area contributed by atoms with Crippen LogP contribution >= 0.6 is 0 Å². The zero-order valence-electron chi connectivity index (χ0n) is 15.5. The average Bonchev–Trinajstić information content (AvgIpc) is 2.69. The highest BCUT2D eigenvalue weighted by Crippen LogP contribution is 2.33. The third kappa shape index (κ3) is 4.97. The first kappa shape index (κ1) is 19.6. The maximum Gasteiger partial charge on any atom is 0.224 e. The molecule has 0 aliphatic carbocycles. The molecule has 6 heteroatoms. The molecule has 0 amide bonds. The fourth-order valence-corrected chi connectivity index (χ4v) is 4.92. The fourth-order valence-electron chi connectivity index (χ4n) is 3.30. The van der Waals surface area contributed by atoms with Gasteiger partial charge in [-0.05, 0) is 17.2 Å². The molecule has 2 aromatic carbocycles. The molecule has 5 nitrogen and oxygen atoms in total. The van der Waals surface area contributed by atoms with Gasteiger partial charge in [0.15, 0.2) is 0 Å². The Hall–Kier alpha value is -2.15. The summed E-state index contributed by atoms with van der Waals surface area (Å²) in [6.45, 7) is 4.68. The van der Waals surface area contributed by atoms with Crippen LogP contribution in [0.3, 0.4) is 0 Å². The Morgan fingerprint density at radius 2 is 1.67 bits per heavy atom. The van der Waals surface area contributed by atoms with Crippen molar-refractivity contribution in [3.8, 4) is 0 Å². The summed E-state index contributed by atoms with van der Waals surface area (Å²) < 4.78 is 34.6. The van der Waals surface area contributed by atoms with E-state index in [1.807, 2.05) is 66.7 Å². The van der Waals surface area contributed by atoms with Crippen LogP contribution in [0.15, 0.2) is 66.4 Å². The highest BCUT2D eigenvalue weighted by Gasteiger charge is 2.33. The molecular formula is C21H26N2O3S. The lowest BCUT2D eigenvalue weighted by Gasteiger charge is -2.35. The summed E-state index contributed by atoms with van der Waals surface area (Å²) in [5.74, 6) is 0. The molecule has 1 aliphatic rings. The van der Waals surface area contributed by atoms with Crippen molar-refractivity contribution in [1.82, 2.24) is 9.62 Å². The quantitative estimate of drug-likeness (QED) is 0.795. The van der Waals surface area contributed by atoms with E-state index in [2.05, 4.69) is 9.62 Å². The second kappa shape index (κ2) is 9.17. The van der Waals surface area contributed by atoms with Crippen LogP contribution in [0.4, 0.5) is 0 Å². The van der Waals surface area contributed by atoms with Crippen molar-refractivity contribution >= 4 is 16.1 Å². The minimum Gasteiger partial charge on any atom is -0.378 e. The van der Waals surface area contributed by atoms with Gasteiger partial charge in [-0.15, -0.1) is 0 Å². The molecule has 1 aliphatic heterocycles. The summed E-state index contributed by atoms with van der Waals surface area (Å²) in [6.07, 6.45) is 1.98. The van der Waals surface area contributed by atoms with Crippen LogP contribution in [0.5, 0.6) is 0 Å². The van der Waals surface area contributed by atoms with Crippen LogP contribution in [-0.2, 0) is 14.8 Å². The highest BCUT2D eigenvalue weighted by molar-refractivity contribution is 7.89. The molecular weight excluding hydrogens is 360 g/mol. The smallest absolute Gasteiger partial charge is 0.224 e. The van der Waals surface area contributed by atoms with E-state index in [-0.39, 0.29) is 0 Å². The number of morpholine rings is 1. The van der Waals surface area contributed by atoms with E-state index >= 15 is 0 Å². The summed E-state index contributed by atoms with van der Waals surface area (Å²) in [6, 6.07) is 19.2. The molecule has 1 heterocycles. The van der Waals surface area contributed by atoms with Crippen LogP contribution in [-0.4, -0.2) is 46.2 Å². The molecule has 144 valence electrons. The van der Waals surface area contributed by atoms with Crippen molar-refractivity contribution in [3.63, 3.8) is 0 Å². The number of sulfonamides is 1. The van der Waals surface area contributed by atoms with Crippen LogP contribution in [0.25, 0.3) is 6.08 Å². The molecule has 0 radical (unpaired) electrons. The Kier molecular flexibility index (Phi) is 6.66. The molecule has 0 aromatic heterocycles. The standard InChI is InChI=1S/C21H26N2O3S/c1-2-22-27(24,25)21(19-11-7-4-8-12-19)20(23-13-15-26-16-14-23)17-18-9-5-3-6-10-18/h3-12,17,21-22H,2,13-16H2,1H3/b20-17-. The van der Waals surface area contributed by atoms with Crippen molar-refractivity contribution < 1.29 is 13.2 Å². The lowest BCUT2D eigenvalue weighted by molar-refractivity contribution is 0.0528. The van der Waals surface area contributed by atoms with Crippen molar-refractivity contribution in [2.24, 2.45) is 0 Å². The van der Waals surface area contributed by atoms with E-state index < -0.39 is 15.3 Å². The lowest BCUT2D eigenvalue weighted by Crippen LogP contribution is -2.41. The Morgan fingerprint density at radius 3 is 2.26 bits per heavy atom. The maximum absolute atomic E-state index is 13.2. The first-order chi connectivity index (χ1) is 13.1. The average molecular weight is 387 g/mol. The van der Waals surface area contributed by atoms with Gasteiger partial charge in [0.1, 0.15) is 5.25 Å². The van der Waals surface area contributed by atoms with E-state index in [0.29, 0.717) is 32.8 Å². The number of hydrogen-bond donors (Lipinski definition) is 1. The van der Waals surface area contributed by atoms with Crippen molar-refractivity contribution in [1.29, 1.82) is 0 Å². The second-order valence-electron chi connectivity index (χ2n) is 6.41. The van der Waals surface area contributed by atoms with Gasteiger partial charge in [0, 0.05) is 25.3 Å². The van der Waals surface area contributed by atoms with E-state index in [1.54, 1.807) is 6.92 Å². The molecule has 1 atom stereocenters. The predicted molar refractivity (Wildman–Crippen MR) is 109 cm³/mol. The normalized spacial score (nSPS) is 16.9. The first-order valence-corrected chi connectivity index (χ1v) is 10.8. The molecule has 2 aromatic rings. The van der Waals surface area contributed by atoms with Crippen LogP contribution in [0.1, 0.15) is 23.3 Å². The lowest BCUT2D eigenvalue weighted by atomic mass is 10.1. The predicted octanol–water partition coefficient (Wildman–Crippen LogP) is 3.04. The van der Waals surface area contributed by atoms with Gasteiger partial charge in [-0.1, -0.05) is 67.6 Å². The van der Waals surface area contributed by atoms with Gasteiger partial charge in [-0.25, -0.2) is 13.1 Å². The Balaban J connectivity index is 2.13. The van der Waals surface area contributed by atoms with Gasteiger partial charge in [0.05, 0.1) is 13.2 Å². The van der Waals surface area contributed by atoms with Gasteiger partial charge >= 0.3 is 0 Å². The van der Waals surface area contributed by atoms with E-state index in [9.17, 15) is 8.42 Å². The SMILES string of the molecule is CCNS(=O)(=O)C(/C(=C/c1ccccc1)N1CCOCC1)c1ccccc1. The van der Waals surface area contributed by atoms with E-state index in [0.717, 1.165) is 16.8 Å². The van der Waals surface area contributed by atoms with Gasteiger partial charge in [-0.2, -0.15) is 0 Å². The summed E-state index contributed by atoms with van der Waals surface area (Å²) in [7, 11) is -3.59. The molecule has 0 saturated carbocycles. The van der Waals surface area contributed by atoms with Gasteiger partial charge in [0.2, 0.25) is 10.0 Å². The summed E-state index contributed by atoms with van der Waals surface area (Å²) in [5.41, 5.74) is 2.51. The summed E-state index contributed by atoms with van der Waals surface area (Å²) >= 11 is 0. The number of hydrogen-bond acceptors (Lipinski definition) is 4. The van der Waals surface area contributed by atoms with Gasteiger partial charge in [-0.3, -0.25) is 0 Å². The molecule has 27 heavy (non-hydrogen) atoms. The number of ether oxygens (including phenoxy) is 1. The minimum absolute atomic E-state index is 0.355. The monoisotopic (exact) mass is 386 g/mol. The van der Waals surface area contributed by atoms with Crippen molar-refractivity contribution in [2.45, 2.75) is 12.2 Å². The van der Waals surface area contributed by atoms with Crippen molar-refractivity contribution in [3.05, 3.63) is 77.5 Å². The number of benzene rings is 2. The van der Waals surface area contributed by atoms with Crippen LogP contribution < -0.4 is 4.72 Å². The molecule has 1 fully saturated rings. The molecule has 1 N–H and O–H groups in total. The number of nitrogens with one attached hydrogen (secondary N) is 1.